The van der Waals surface area contributed by atoms with Crippen LogP contribution in [0.5, 0.6) is 0 Å². The summed E-state index contributed by atoms with van der Waals surface area (Å²) in [4.78, 5) is 32.8. The van der Waals surface area contributed by atoms with Gasteiger partial charge in [-0.25, -0.2) is 4.98 Å². The van der Waals surface area contributed by atoms with Crippen LogP contribution >= 0.6 is 11.3 Å². The van der Waals surface area contributed by atoms with Crippen LogP contribution in [0.3, 0.4) is 0 Å². The van der Waals surface area contributed by atoms with Gasteiger partial charge in [0.15, 0.2) is 5.13 Å². The Morgan fingerprint density at radius 2 is 1.96 bits per heavy atom. The van der Waals surface area contributed by atoms with Crippen LogP contribution in [0.15, 0.2) is 6.20 Å². The van der Waals surface area contributed by atoms with E-state index < -0.39 is 0 Å². The Kier molecular flexibility index (Phi) is 5.78. The summed E-state index contributed by atoms with van der Waals surface area (Å²) in [7, 11) is 0. The molecule has 0 radical (unpaired) electrons. The molecule has 3 fully saturated rings. The topological polar surface area (TPSA) is 74.3 Å². The minimum Gasteiger partial charge on any atom is -0.339 e. The molecular formula is C20H30N4O2S. The number of hydrogen-bond donors (Lipinski definition) is 2. The van der Waals surface area contributed by atoms with Crippen LogP contribution in [-0.4, -0.2) is 47.4 Å². The molecule has 27 heavy (non-hydrogen) atoms. The zero-order valence-corrected chi connectivity index (χ0v) is 16.9. The number of carbonyl (C=O) groups is 2. The van der Waals surface area contributed by atoms with Gasteiger partial charge in [-0.15, -0.1) is 11.3 Å². The third kappa shape index (κ3) is 4.35. The molecule has 1 unspecified atom stereocenters. The second-order valence-electron chi connectivity index (χ2n) is 8.44. The molecule has 2 N–H and O–H groups in total. The number of carbonyl (C=O) groups excluding carboxylic acids is 2. The maximum Gasteiger partial charge on any atom is 0.231 e. The summed E-state index contributed by atoms with van der Waals surface area (Å²) in [5.74, 6) is 1.15. The molecule has 1 saturated carbocycles. The summed E-state index contributed by atoms with van der Waals surface area (Å²) >= 11 is 1.59. The second-order valence-corrected chi connectivity index (χ2v) is 9.50. The second kappa shape index (κ2) is 8.27. The molecule has 1 aromatic rings. The van der Waals surface area contributed by atoms with Crippen molar-refractivity contribution in [2.24, 2.45) is 11.8 Å². The van der Waals surface area contributed by atoms with Crippen LogP contribution in [0.4, 0.5) is 5.13 Å². The summed E-state index contributed by atoms with van der Waals surface area (Å²) in [6.45, 7) is 4.94. The van der Waals surface area contributed by atoms with Crippen LogP contribution in [0, 0.1) is 11.8 Å². The van der Waals surface area contributed by atoms with Crippen molar-refractivity contribution >= 4 is 28.3 Å². The molecule has 2 saturated heterocycles. The normalized spacial score (nSPS) is 29.9. The first-order valence-electron chi connectivity index (χ1n) is 10.4. The average molecular weight is 391 g/mol. The summed E-state index contributed by atoms with van der Waals surface area (Å²) in [6, 6.07) is 0.331. The van der Waals surface area contributed by atoms with Gasteiger partial charge in [0.2, 0.25) is 11.8 Å². The maximum absolute atomic E-state index is 12.7. The highest BCUT2D eigenvalue weighted by Crippen LogP contribution is 2.33. The van der Waals surface area contributed by atoms with E-state index >= 15 is 0 Å². The summed E-state index contributed by atoms with van der Waals surface area (Å²) < 4.78 is 0. The number of nitrogens with one attached hydrogen (secondary N) is 2. The van der Waals surface area contributed by atoms with Gasteiger partial charge in [-0.3, -0.25) is 9.59 Å². The molecule has 6 nitrogen and oxygen atoms in total. The number of hydrogen-bond acceptors (Lipinski definition) is 5. The number of aromatic nitrogens is 1. The quantitative estimate of drug-likeness (QED) is 0.829. The molecule has 148 valence electrons. The fourth-order valence-electron chi connectivity index (χ4n) is 4.66. The molecule has 7 heteroatoms. The minimum atomic E-state index is -0.247. The molecule has 1 aliphatic carbocycles. The van der Waals surface area contributed by atoms with E-state index in [1.165, 1.54) is 17.7 Å². The summed E-state index contributed by atoms with van der Waals surface area (Å²) in [5, 5.41) is 7.02. The van der Waals surface area contributed by atoms with Gasteiger partial charge in [-0.2, -0.15) is 0 Å². The molecule has 0 aromatic carbocycles. The van der Waals surface area contributed by atoms with E-state index in [4.69, 9.17) is 0 Å². The zero-order valence-electron chi connectivity index (χ0n) is 16.1. The van der Waals surface area contributed by atoms with E-state index in [9.17, 15) is 9.59 Å². The molecule has 1 atom stereocenters. The third-order valence-corrected chi connectivity index (χ3v) is 7.53. The number of anilines is 1. The van der Waals surface area contributed by atoms with E-state index in [2.05, 4.69) is 22.5 Å². The molecule has 2 amide bonds. The van der Waals surface area contributed by atoms with E-state index in [-0.39, 0.29) is 17.7 Å². The van der Waals surface area contributed by atoms with E-state index in [1.807, 2.05) is 11.1 Å². The molecule has 2 aliphatic heterocycles. The molecule has 1 aromatic heterocycles. The first-order valence-corrected chi connectivity index (χ1v) is 11.2. The van der Waals surface area contributed by atoms with Crippen molar-refractivity contribution < 1.29 is 9.59 Å². The molecule has 0 bridgehead atoms. The average Bonchev–Trinajstić information content (AvgIpc) is 3.30. The van der Waals surface area contributed by atoms with Crippen molar-refractivity contribution in [1.29, 1.82) is 0 Å². The SMILES string of the molecule is CC1CCC(N2CC(C(=O)Nc3ncc(C4CCNCC4)s3)CC2=O)CC1. The molecule has 4 rings (SSSR count). The lowest BCUT2D eigenvalue weighted by Crippen LogP contribution is -2.39. The fourth-order valence-corrected chi connectivity index (χ4v) is 5.65. The molecular weight excluding hydrogens is 360 g/mol. The van der Waals surface area contributed by atoms with Crippen LogP contribution in [-0.2, 0) is 9.59 Å². The smallest absolute Gasteiger partial charge is 0.231 e. The van der Waals surface area contributed by atoms with Crippen molar-refractivity contribution in [3.63, 3.8) is 0 Å². The number of rotatable bonds is 4. The highest BCUT2D eigenvalue weighted by atomic mass is 32.1. The van der Waals surface area contributed by atoms with Crippen molar-refractivity contribution in [2.45, 2.75) is 63.8 Å². The van der Waals surface area contributed by atoms with Crippen molar-refractivity contribution in [3.05, 3.63) is 11.1 Å². The summed E-state index contributed by atoms with van der Waals surface area (Å²) in [6.07, 6.45) is 9.02. The Balaban J connectivity index is 1.32. The molecule has 3 heterocycles. The maximum atomic E-state index is 12.7. The predicted octanol–water partition coefficient (Wildman–Crippen LogP) is 2.98. The first kappa shape index (κ1) is 18.9. The third-order valence-electron chi connectivity index (χ3n) is 6.45. The lowest BCUT2D eigenvalue weighted by Gasteiger charge is -2.33. The van der Waals surface area contributed by atoms with Crippen LogP contribution in [0.2, 0.25) is 0 Å². The van der Waals surface area contributed by atoms with Crippen molar-refractivity contribution in [2.75, 3.05) is 25.0 Å². The zero-order chi connectivity index (χ0) is 18.8. The van der Waals surface area contributed by atoms with Gasteiger partial charge in [-0.05, 0) is 63.5 Å². The molecule has 3 aliphatic rings. The Bertz CT molecular complexity index is 677. The van der Waals surface area contributed by atoms with Crippen molar-refractivity contribution in [1.82, 2.24) is 15.2 Å². The Morgan fingerprint density at radius 1 is 1.22 bits per heavy atom. The van der Waals surface area contributed by atoms with Gasteiger partial charge < -0.3 is 15.5 Å². The number of piperidine rings is 1. The fraction of sp³-hybridized carbons (Fsp3) is 0.750. The number of nitrogens with zero attached hydrogens (tertiary/aromatic N) is 2. The standard InChI is InChI=1S/C20H30N4O2S/c1-13-2-4-16(5-3-13)24-12-15(10-18(24)25)19(26)23-20-22-11-17(27-20)14-6-8-21-9-7-14/h11,13-16,21H,2-10,12H2,1H3,(H,22,23,26). The van der Waals surface area contributed by atoms with Gasteiger partial charge in [0.05, 0.1) is 5.92 Å². The van der Waals surface area contributed by atoms with Gasteiger partial charge >= 0.3 is 0 Å². The van der Waals surface area contributed by atoms with Gasteiger partial charge in [0.1, 0.15) is 0 Å². The largest absolute Gasteiger partial charge is 0.339 e. The van der Waals surface area contributed by atoms with E-state index in [1.54, 1.807) is 11.3 Å². The Morgan fingerprint density at radius 3 is 2.70 bits per heavy atom. The van der Waals surface area contributed by atoms with Gasteiger partial charge in [0.25, 0.3) is 0 Å². The number of likely N-dealkylation sites (tertiary alicyclic amines) is 1. The minimum absolute atomic E-state index is 0.0544. The summed E-state index contributed by atoms with van der Waals surface area (Å²) in [5.41, 5.74) is 0. The van der Waals surface area contributed by atoms with Gasteiger partial charge in [-0.1, -0.05) is 6.92 Å². The Labute approximate surface area is 165 Å². The lowest BCUT2D eigenvalue weighted by molar-refractivity contribution is -0.130. The first-order chi connectivity index (χ1) is 13.1. The van der Waals surface area contributed by atoms with Gasteiger partial charge in [0, 0.05) is 30.1 Å². The van der Waals surface area contributed by atoms with E-state index in [0.29, 0.717) is 30.1 Å². The number of amides is 2. The highest BCUT2D eigenvalue weighted by molar-refractivity contribution is 7.15. The lowest BCUT2D eigenvalue weighted by atomic mass is 9.87. The van der Waals surface area contributed by atoms with E-state index in [0.717, 1.165) is 44.7 Å². The molecule has 0 spiro atoms. The predicted molar refractivity (Wildman–Crippen MR) is 107 cm³/mol. The van der Waals surface area contributed by atoms with Crippen molar-refractivity contribution in [3.8, 4) is 0 Å². The van der Waals surface area contributed by atoms with Crippen LogP contribution < -0.4 is 10.6 Å². The Hall–Kier alpha value is -1.47. The number of thiazole rings is 1. The monoisotopic (exact) mass is 390 g/mol. The van der Waals surface area contributed by atoms with Crippen LogP contribution in [0.25, 0.3) is 0 Å². The van der Waals surface area contributed by atoms with Crippen LogP contribution in [0.1, 0.15) is 62.7 Å². The highest BCUT2D eigenvalue weighted by Gasteiger charge is 2.39.